The number of nitrogens with zero attached hydrogens (tertiary/aromatic N) is 2. The summed E-state index contributed by atoms with van der Waals surface area (Å²) in [5, 5.41) is 2.45. The highest BCUT2D eigenvalue weighted by Crippen LogP contribution is 2.28. The van der Waals surface area contributed by atoms with Crippen molar-refractivity contribution in [2.45, 2.75) is 6.18 Å². The molecule has 1 aromatic carbocycles. The van der Waals surface area contributed by atoms with Crippen LogP contribution in [0.15, 0.2) is 39.4 Å². The van der Waals surface area contributed by atoms with Gasteiger partial charge in [-0.15, -0.1) is 0 Å². The van der Waals surface area contributed by atoms with Gasteiger partial charge in [-0.2, -0.15) is 13.2 Å². The number of nitrogens with one attached hydrogen (secondary N) is 1. The molecule has 1 amide bonds. The molecule has 2 rings (SSSR count). The number of carbonyl (C=O) groups excluding carboxylic acids is 1. The number of aromatic nitrogens is 2. The Hall–Kier alpha value is -2.56. The third-order valence-corrected chi connectivity index (χ3v) is 4.39. The van der Waals surface area contributed by atoms with E-state index < -0.39 is 29.0 Å². The topological polar surface area (TPSA) is 82.3 Å². The second-order valence-electron chi connectivity index (χ2n) is 5.67. The largest absolute Gasteiger partial charge is 0.431 e. The zero-order chi connectivity index (χ0) is 21.9. The van der Waals surface area contributed by atoms with Crippen LogP contribution in [0.4, 0.5) is 13.2 Å². The number of amides is 1. The summed E-state index contributed by atoms with van der Waals surface area (Å²) in [6.07, 6.45) is -4.88. The van der Waals surface area contributed by atoms with Gasteiger partial charge in [-0.3, -0.25) is 14.2 Å². The zero-order valence-electron chi connectivity index (χ0n) is 15.0. The first-order valence-electron chi connectivity index (χ1n) is 7.81. The molecular weight excluding hydrogens is 438 g/mol. The number of rotatable bonds is 5. The van der Waals surface area contributed by atoms with Crippen molar-refractivity contribution in [1.82, 2.24) is 14.5 Å². The molecule has 0 saturated carbocycles. The van der Waals surface area contributed by atoms with Crippen LogP contribution in [-0.4, -0.2) is 28.9 Å². The van der Waals surface area contributed by atoms with E-state index in [4.69, 9.17) is 27.9 Å². The van der Waals surface area contributed by atoms with Crippen molar-refractivity contribution >= 4 is 34.7 Å². The smallest absolute Gasteiger partial charge is 0.364 e. The number of methoxy groups -OCH3 is 1. The van der Waals surface area contributed by atoms with E-state index in [1.807, 2.05) is 0 Å². The predicted octanol–water partition coefficient (Wildman–Crippen LogP) is 2.51. The summed E-state index contributed by atoms with van der Waals surface area (Å²) in [7, 11) is 2.24. The van der Waals surface area contributed by atoms with Crippen molar-refractivity contribution in [1.29, 1.82) is 0 Å². The van der Waals surface area contributed by atoms with Gasteiger partial charge in [0.1, 0.15) is 12.4 Å². The lowest BCUT2D eigenvalue weighted by Gasteiger charge is -2.15. The molecule has 0 bridgehead atoms. The molecule has 0 unspecified atom stereocenters. The zero-order valence-corrected chi connectivity index (χ0v) is 16.5. The summed E-state index contributed by atoms with van der Waals surface area (Å²) in [5.74, 6) is -0.659. The van der Waals surface area contributed by atoms with Gasteiger partial charge in [0.25, 0.3) is 11.5 Å². The Kier molecular flexibility index (Phi) is 6.93. The van der Waals surface area contributed by atoms with E-state index in [-0.39, 0.29) is 28.6 Å². The summed E-state index contributed by atoms with van der Waals surface area (Å²) < 4.78 is 44.6. The van der Waals surface area contributed by atoms with Crippen molar-refractivity contribution in [2.75, 3.05) is 13.8 Å². The molecule has 7 nitrogen and oxygen atoms in total. The fourth-order valence-corrected chi connectivity index (χ4v) is 2.89. The minimum absolute atomic E-state index is 0.0571. The normalized spacial score (nSPS) is 12.2. The molecule has 0 aliphatic rings. The molecule has 1 N–H and O–H groups in total. The third kappa shape index (κ3) is 4.72. The van der Waals surface area contributed by atoms with E-state index in [9.17, 15) is 27.6 Å². The minimum atomic E-state index is -4.88. The fourth-order valence-electron chi connectivity index (χ4n) is 2.46. The monoisotopic (exact) mass is 451 g/mol. The average Bonchev–Trinajstić information content (AvgIpc) is 2.65. The number of alkyl halides is 3. The number of ether oxygens (including phenoxy) is 1. The van der Waals surface area contributed by atoms with E-state index >= 15 is 0 Å². The van der Waals surface area contributed by atoms with Crippen molar-refractivity contribution < 1.29 is 22.7 Å². The molecule has 0 saturated heterocycles. The van der Waals surface area contributed by atoms with Gasteiger partial charge in [-0.05, 0) is 18.2 Å². The molecule has 0 atom stereocenters. The standard InChI is InChI=1S/C17H14Cl2F3N3O4/c1-24-13(17(20,21)22)6-14(26)25(16(24)28)9-3-4-12(19)10(5-9)11(7-18)15(27)23-8-29-2/h3-7H,8H2,1-2H3,(H,23,27)/b11-7-. The summed E-state index contributed by atoms with van der Waals surface area (Å²) in [6, 6.07) is 4.03. The number of hydrogen-bond donors (Lipinski definition) is 1. The Morgan fingerprint density at radius 1 is 1.28 bits per heavy atom. The first-order chi connectivity index (χ1) is 13.5. The Morgan fingerprint density at radius 3 is 2.48 bits per heavy atom. The molecule has 12 heteroatoms. The second-order valence-corrected chi connectivity index (χ2v) is 6.29. The lowest BCUT2D eigenvalue weighted by Crippen LogP contribution is -2.40. The highest BCUT2D eigenvalue weighted by molar-refractivity contribution is 6.39. The van der Waals surface area contributed by atoms with Crippen LogP contribution in [0.25, 0.3) is 11.3 Å². The second kappa shape index (κ2) is 8.85. The van der Waals surface area contributed by atoms with Crippen LogP contribution in [0.5, 0.6) is 0 Å². The van der Waals surface area contributed by atoms with E-state index in [1.165, 1.54) is 25.3 Å². The van der Waals surface area contributed by atoms with E-state index in [2.05, 4.69) is 5.32 Å². The van der Waals surface area contributed by atoms with Crippen LogP contribution in [0.3, 0.4) is 0 Å². The molecule has 0 spiro atoms. The van der Waals surface area contributed by atoms with Crippen molar-refractivity contribution in [2.24, 2.45) is 7.05 Å². The summed E-state index contributed by atoms with van der Waals surface area (Å²) in [5.41, 5.74) is -3.03. The first-order valence-corrected chi connectivity index (χ1v) is 8.62. The Bertz CT molecular complexity index is 1090. The summed E-state index contributed by atoms with van der Waals surface area (Å²) >= 11 is 11.8. The molecule has 0 radical (unpaired) electrons. The van der Waals surface area contributed by atoms with E-state index in [1.54, 1.807) is 0 Å². The predicted molar refractivity (Wildman–Crippen MR) is 101 cm³/mol. The summed E-state index contributed by atoms with van der Waals surface area (Å²) in [6.45, 7) is -0.122. The van der Waals surface area contributed by atoms with Gasteiger partial charge in [-0.1, -0.05) is 23.2 Å². The van der Waals surface area contributed by atoms with Crippen LogP contribution in [0, 0.1) is 0 Å². The Labute approximate surface area is 171 Å². The third-order valence-electron chi connectivity index (χ3n) is 3.84. The lowest BCUT2D eigenvalue weighted by atomic mass is 10.1. The Balaban J connectivity index is 2.66. The maximum absolute atomic E-state index is 13.0. The SMILES string of the molecule is COCNC(=O)/C(=C\Cl)c1cc(-n2c(=O)cc(C(F)(F)F)n(C)c2=O)ccc1Cl. The fraction of sp³-hybridized carbons (Fsp3) is 0.235. The Morgan fingerprint density at radius 2 is 1.93 bits per heavy atom. The van der Waals surface area contributed by atoms with Crippen LogP contribution in [0.2, 0.25) is 5.02 Å². The van der Waals surface area contributed by atoms with Gasteiger partial charge in [0.2, 0.25) is 0 Å². The molecule has 1 aromatic heterocycles. The highest BCUT2D eigenvalue weighted by atomic mass is 35.5. The van der Waals surface area contributed by atoms with E-state index in [0.717, 1.165) is 12.6 Å². The number of carbonyl (C=O) groups is 1. The van der Waals surface area contributed by atoms with Gasteiger partial charge >= 0.3 is 11.9 Å². The molecule has 0 aliphatic carbocycles. The average molecular weight is 452 g/mol. The molecule has 29 heavy (non-hydrogen) atoms. The van der Waals surface area contributed by atoms with Crippen molar-refractivity contribution in [3.8, 4) is 5.69 Å². The number of halogens is 5. The minimum Gasteiger partial charge on any atom is -0.364 e. The molecule has 1 heterocycles. The van der Waals surface area contributed by atoms with Crippen molar-refractivity contribution in [3.63, 3.8) is 0 Å². The highest BCUT2D eigenvalue weighted by Gasteiger charge is 2.35. The maximum atomic E-state index is 13.0. The molecule has 0 fully saturated rings. The maximum Gasteiger partial charge on any atom is 0.431 e. The first kappa shape index (κ1) is 22.7. The molecule has 156 valence electrons. The van der Waals surface area contributed by atoms with Gasteiger partial charge in [0.15, 0.2) is 0 Å². The van der Waals surface area contributed by atoms with Crippen LogP contribution in [-0.2, 0) is 22.8 Å². The van der Waals surface area contributed by atoms with Crippen molar-refractivity contribution in [3.05, 3.63) is 66.9 Å². The van der Waals surface area contributed by atoms with Crippen LogP contribution in [0.1, 0.15) is 11.3 Å². The van der Waals surface area contributed by atoms with Gasteiger partial charge in [0.05, 0.1) is 11.3 Å². The van der Waals surface area contributed by atoms with Crippen LogP contribution < -0.4 is 16.6 Å². The van der Waals surface area contributed by atoms with E-state index in [0.29, 0.717) is 15.2 Å². The molecular formula is C17H14Cl2F3N3O4. The molecule has 2 aromatic rings. The quantitative estimate of drug-likeness (QED) is 0.559. The van der Waals surface area contributed by atoms with Gasteiger partial charge in [0, 0.05) is 36.3 Å². The number of hydrogen-bond acceptors (Lipinski definition) is 4. The number of benzene rings is 1. The lowest BCUT2D eigenvalue weighted by molar-refractivity contribution is -0.144. The van der Waals surface area contributed by atoms with Gasteiger partial charge < -0.3 is 10.1 Å². The summed E-state index contributed by atoms with van der Waals surface area (Å²) in [4.78, 5) is 36.9. The van der Waals surface area contributed by atoms with Crippen LogP contribution >= 0.6 is 23.2 Å². The molecule has 0 aliphatic heterocycles. The van der Waals surface area contributed by atoms with Gasteiger partial charge in [-0.25, -0.2) is 9.36 Å².